The van der Waals surface area contributed by atoms with Gasteiger partial charge in [0.05, 0.1) is 34.8 Å². The fourth-order valence-electron chi connectivity index (χ4n) is 2.67. The van der Waals surface area contributed by atoms with E-state index in [2.05, 4.69) is 4.98 Å². The second-order valence-corrected chi connectivity index (χ2v) is 5.27. The van der Waals surface area contributed by atoms with Gasteiger partial charge in [-0.05, 0) is 31.9 Å². The maximum atomic E-state index is 12.5. The van der Waals surface area contributed by atoms with E-state index in [1.807, 2.05) is 0 Å². The van der Waals surface area contributed by atoms with Gasteiger partial charge in [0.2, 0.25) is 0 Å². The van der Waals surface area contributed by atoms with Crippen molar-refractivity contribution >= 4 is 16.9 Å². The van der Waals surface area contributed by atoms with Crippen molar-refractivity contribution in [3.8, 4) is 0 Å². The molecule has 1 saturated heterocycles. The fraction of sp³-hybridized carbons (Fsp3) is 0.400. The van der Waals surface area contributed by atoms with Crippen LogP contribution in [0, 0.1) is 6.92 Å². The normalized spacial score (nSPS) is 18.2. The van der Waals surface area contributed by atoms with Crippen LogP contribution in [0.5, 0.6) is 0 Å². The zero-order chi connectivity index (χ0) is 15.0. The molecule has 0 radical (unpaired) electrons. The third kappa shape index (κ3) is 2.54. The fourth-order valence-corrected chi connectivity index (χ4v) is 2.67. The maximum absolute atomic E-state index is 12.5. The number of aromatic nitrogens is 2. The van der Waals surface area contributed by atoms with Gasteiger partial charge in [-0.25, -0.2) is 4.79 Å². The van der Waals surface area contributed by atoms with E-state index in [0.717, 1.165) is 19.4 Å². The quantitative estimate of drug-likeness (QED) is 0.927. The molecule has 6 heteroatoms. The highest BCUT2D eigenvalue weighted by molar-refractivity contribution is 5.93. The number of nitrogens with zero attached hydrogens (tertiary/aromatic N) is 2. The first-order chi connectivity index (χ1) is 10.1. The summed E-state index contributed by atoms with van der Waals surface area (Å²) in [5.74, 6) is -1.07. The van der Waals surface area contributed by atoms with Crippen molar-refractivity contribution in [3.05, 3.63) is 39.9 Å². The Morgan fingerprint density at radius 1 is 1.57 bits per heavy atom. The number of ether oxygens (including phenoxy) is 1. The topological polar surface area (TPSA) is 81.4 Å². The standard InChI is InChI=1S/C15H16N2O4/c1-9-11(15(19)20)7-12-13(16-9)4-5-17(14(12)18)8-10-3-2-6-21-10/h4-5,7,10H,2-3,6,8H2,1H3,(H,19,20). The van der Waals surface area contributed by atoms with Gasteiger partial charge in [-0.1, -0.05) is 0 Å². The maximum Gasteiger partial charge on any atom is 0.337 e. The van der Waals surface area contributed by atoms with E-state index in [1.165, 1.54) is 6.07 Å². The summed E-state index contributed by atoms with van der Waals surface area (Å²) < 4.78 is 7.11. The molecule has 0 bridgehead atoms. The van der Waals surface area contributed by atoms with Gasteiger partial charge >= 0.3 is 5.97 Å². The molecule has 1 unspecified atom stereocenters. The van der Waals surface area contributed by atoms with E-state index in [9.17, 15) is 9.59 Å². The van der Waals surface area contributed by atoms with Crippen molar-refractivity contribution in [1.29, 1.82) is 0 Å². The number of fused-ring (bicyclic) bond motifs is 1. The van der Waals surface area contributed by atoms with Crippen LogP contribution in [0.1, 0.15) is 28.9 Å². The summed E-state index contributed by atoms with van der Waals surface area (Å²) in [6, 6.07) is 3.15. The van der Waals surface area contributed by atoms with Crippen LogP contribution >= 0.6 is 0 Å². The Hall–Kier alpha value is -2.21. The van der Waals surface area contributed by atoms with Crippen molar-refractivity contribution in [2.75, 3.05) is 6.61 Å². The summed E-state index contributed by atoms with van der Waals surface area (Å²) in [6.45, 7) is 2.85. The number of hydrogen-bond acceptors (Lipinski definition) is 4. The highest BCUT2D eigenvalue weighted by Gasteiger charge is 2.18. The molecule has 0 aliphatic carbocycles. The molecule has 1 aliphatic heterocycles. The van der Waals surface area contributed by atoms with Gasteiger partial charge in [0.1, 0.15) is 0 Å². The molecule has 1 N–H and O–H groups in total. The Morgan fingerprint density at radius 3 is 3.05 bits per heavy atom. The van der Waals surface area contributed by atoms with Crippen LogP contribution in [0.4, 0.5) is 0 Å². The number of carbonyl (C=O) groups is 1. The van der Waals surface area contributed by atoms with Gasteiger partial charge in [-0.15, -0.1) is 0 Å². The number of pyridine rings is 2. The van der Waals surface area contributed by atoms with Crippen molar-refractivity contribution in [2.24, 2.45) is 0 Å². The minimum Gasteiger partial charge on any atom is -0.478 e. The van der Waals surface area contributed by atoms with Crippen molar-refractivity contribution < 1.29 is 14.6 Å². The van der Waals surface area contributed by atoms with Gasteiger partial charge in [-0.3, -0.25) is 9.78 Å². The van der Waals surface area contributed by atoms with E-state index in [4.69, 9.17) is 9.84 Å². The zero-order valence-corrected chi connectivity index (χ0v) is 11.7. The van der Waals surface area contributed by atoms with Gasteiger partial charge in [-0.2, -0.15) is 0 Å². The summed E-state index contributed by atoms with van der Waals surface area (Å²) >= 11 is 0. The zero-order valence-electron chi connectivity index (χ0n) is 11.7. The molecule has 6 nitrogen and oxygen atoms in total. The molecule has 1 fully saturated rings. The lowest BCUT2D eigenvalue weighted by molar-refractivity contribution is 0.0695. The molecular weight excluding hydrogens is 272 g/mol. The van der Waals surface area contributed by atoms with Crippen molar-refractivity contribution in [1.82, 2.24) is 9.55 Å². The number of aromatic carboxylic acids is 1. The highest BCUT2D eigenvalue weighted by atomic mass is 16.5. The van der Waals surface area contributed by atoms with Crippen LogP contribution in [0.15, 0.2) is 23.1 Å². The molecular formula is C15H16N2O4. The minimum atomic E-state index is -1.07. The van der Waals surface area contributed by atoms with Crippen molar-refractivity contribution in [2.45, 2.75) is 32.4 Å². The first-order valence-electron chi connectivity index (χ1n) is 6.92. The summed E-state index contributed by atoms with van der Waals surface area (Å²) in [6.07, 6.45) is 3.70. The van der Waals surface area contributed by atoms with Crippen LogP contribution < -0.4 is 5.56 Å². The third-order valence-corrected chi connectivity index (χ3v) is 3.80. The lowest BCUT2D eigenvalue weighted by Gasteiger charge is -2.12. The minimum absolute atomic E-state index is 0.0532. The van der Waals surface area contributed by atoms with E-state index in [1.54, 1.807) is 23.8 Å². The van der Waals surface area contributed by atoms with E-state index >= 15 is 0 Å². The van der Waals surface area contributed by atoms with Crippen molar-refractivity contribution in [3.63, 3.8) is 0 Å². The molecule has 2 aromatic rings. The number of carboxylic acids is 1. The number of carboxylic acid groups (broad SMARTS) is 1. The van der Waals surface area contributed by atoms with E-state index in [0.29, 0.717) is 23.1 Å². The first kappa shape index (κ1) is 13.8. The number of aryl methyl sites for hydroxylation is 1. The van der Waals surface area contributed by atoms with Crippen LogP contribution in [-0.2, 0) is 11.3 Å². The van der Waals surface area contributed by atoms with Gasteiger partial charge in [0.15, 0.2) is 0 Å². The van der Waals surface area contributed by atoms with Crippen LogP contribution in [0.3, 0.4) is 0 Å². The highest BCUT2D eigenvalue weighted by Crippen LogP contribution is 2.16. The lowest BCUT2D eigenvalue weighted by Crippen LogP contribution is -2.26. The molecule has 0 spiro atoms. The largest absolute Gasteiger partial charge is 0.478 e. The molecule has 0 amide bonds. The lowest BCUT2D eigenvalue weighted by atomic mass is 10.1. The summed E-state index contributed by atoms with van der Waals surface area (Å²) in [7, 11) is 0. The Balaban J connectivity index is 2.08. The van der Waals surface area contributed by atoms with Gasteiger partial charge < -0.3 is 14.4 Å². The summed E-state index contributed by atoms with van der Waals surface area (Å²) in [5, 5.41) is 9.48. The SMILES string of the molecule is Cc1nc2ccn(CC3CCCO3)c(=O)c2cc1C(=O)O. The molecule has 1 atom stereocenters. The molecule has 3 rings (SSSR count). The van der Waals surface area contributed by atoms with E-state index in [-0.39, 0.29) is 17.2 Å². The second-order valence-electron chi connectivity index (χ2n) is 5.27. The van der Waals surface area contributed by atoms with E-state index < -0.39 is 5.97 Å². The number of hydrogen-bond donors (Lipinski definition) is 1. The van der Waals surface area contributed by atoms with Gasteiger partial charge in [0.25, 0.3) is 5.56 Å². The molecule has 2 aromatic heterocycles. The van der Waals surface area contributed by atoms with Gasteiger partial charge in [0, 0.05) is 12.8 Å². The molecule has 21 heavy (non-hydrogen) atoms. The first-order valence-corrected chi connectivity index (χ1v) is 6.92. The van der Waals surface area contributed by atoms with Crippen LogP contribution in [-0.4, -0.2) is 33.3 Å². The Kier molecular flexibility index (Phi) is 3.47. The molecule has 0 aromatic carbocycles. The monoisotopic (exact) mass is 288 g/mol. The average molecular weight is 288 g/mol. The Morgan fingerprint density at radius 2 is 2.38 bits per heavy atom. The average Bonchev–Trinajstić information content (AvgIpc) is 2.94. The smallest absolute Gasteiger partial charge is 0.337 e. The third-order valence-electron chi connectivity index (χ3n) is 3.80. The predicted octanol–water partition coefficient (Wildman–Crippen LogP) is 1.58. The van der Waals surface area contributed by atoms with Crippen LogP contribution in [0.25, 0.3) is 10.9 Å². The number of rotatable bonds is 3. The second kappa shape index (κ2) is 5.29. The molecule has 110 valence electrons. The Bertz CT molecular complexity index is 760. The predicted molar refractivity (Wildman–Crippen MR) is 76.7 cm³/mol. The molecule has 1 aliphatic rings. The Labute approximate surface area is 121 Å². The summed E-state index contributed by atoms with van der Waals surface area (Å²) in [5.41, 5.74) is 0.768. The molecule has 3 heterocycles. The summed E-state index contributed by atoms with van der Waals surface area (Å²) in [4.78, 5) is 27.9. The molecule has 0 saturated carbocycles. The van der Waals surface area contributed by atoms with Crippen LogP contribution in [0.2, 0.25) is 0 Å².